The number of likely N-dealkylation sites (N-methyl/N-ethyl adjacent to an activating group) is 1. The van der Waals surface area contributed by atoms with Crippen LogP contribution >= 0.6 is 0 Å². The number of primary amides is 1. The van der Waals surface area contributed by atoms with Crippen molar-refractivity contribution in [1.82, 2.24) is 14.9 Å². The predicted molar refractivity (Wildman–Crippen MR) is 63.7 cm³/mol. The summed E-state index contributed by atoms with van der Waals surface area (Å²) in [7, 11) is 1.65. The number of carbonyl (C=O) groups excluding carboxylic acids is 1. The molecule has 0 aromatic carbocycles. The highest BCUT2D eigenvalue weighted by Gasteiger charge is 2.08. The van der Waals surface area contributed by atoms with Crippen LogP contribution in [0.5, 0.6) is 5.75 Å². The first-order valence-corrected chi connectivity index (χ1v) is 5.23. The summed E-state index contributed by atoms with van der Waals surface area (Å²) in [6.45, 7) is 0.526. The highest BCUT2D eigenvalue weighted by molar-refractivity contribution is 5.81. The zero-order valence-corrected chi connectivity index (χ0v) is 9.47. The summed E-state index contributed by atoms with van der Waals surface area (Å²) >= 11 is 0. The van der Waals surface area contributed by atoms with Gasteiger partial charge in [-0.1, -0.05) is 0 Å². The number of amides is 2. The third-order valence-corrected chi connectivity index (χ3v) is 2.70. The molecule has 0 spiro atoms. The first-order valence-electron chi connectivity index (χ1n) is 5.23. The van der Waals surface area contributed by atoms with Crippen molar-refractivity contribution in [3.8, 4) is 5.75 Å². The van der Waals surface area contributed by atoms with Gasteiger partial charge >= 0.3 is 6.03 Å². The summed E-state index contributed by atoms with van der Waals surface area (Å²) in [6.07, 6.45) is 3.87. The zero-order chi connectivity index (χ0) is 12.4. The van der Waals surface area contributed by atoms with E-state index in [2.05, 4.69) is 9.97 Å². The second-order valence-corrected chi connectivity index (χ2v) is 3.91. The molecule has 0 radical (unpaired) electrons. The lowest BCUT2D eigenvalue weighted by molar-refractivity contribution is 0.219. The minimum absolute atomic E-state index is 0.126. The molecule has 2 amide bonds. The number of nitrogens with one attached hydrogen (secondary N) is 1. The Balaban J connectivity index is 2.19. The van der Waals surface area contributed by atoms with Crippen LogP contribution in [0.4, 0.5) is 4.79 Å². The molecular formula is C11H14N4O2. The van der Waals surface area contributed by atoms with Crippen LogP contribution in [0.2, 0.25) is 0 Å². The summed E-state index contributed by atoms with van der Waals surface area (Å²) < 4.78 is 0. The largest absolute Gasteiger partial charge is 0.506 e. The molecular weight excluding hydrogens is 220 g/mol. The van der Waals surface area contributed by atoms with Crippen LogP contribution in [0.1, 0.15) is 5.56 Å². The first-order chi connectivity index (χ1) is 8.08. The molecule has 2 aromatic heterocycles. The molecule has 4 N–H and O–H groups in total. The van der Waals surface area contributed by atoms with E-state index in [-0.39, 0.29) is 5.75 Å². The third kappa shape index (κ3) is 2.30. The fraction of sp³-hybridized carbons (Fsp3) is 0.273. The SMILES string of the molecule is CN(CCc1c[nH]c2ncc(O)cc12)C(N)=O. The van der Waals surface area contributed by atoms with E-state index in [4.69, 9.17) is 5.73 Å². The van der Waals surface area contributed by atoms with E-state index in [1.165, 1.54) is 11.1 Å². The number of H-pyrrole nitrogens is 1. The summed E-state index contributed by atoms with van der Waals surface area (Å²) in [5, 5.41) is 10.2. The van der Waals surface area contributed by atoms with E-state index in [1.54, 1.807) is 13.1 Å². The Morgan fingerprint density at radius 3 is 3.12 bits per heavy atom. The standard InChI is InChI=1S/C11H14N4O2/c1-15(11(12)17)3-2-7-5-13-10-9(7)4-8(16)6-14-10/h4-6,16H,2-3H2,1H3,(H2,12,17)(H,13,14). The van der Waals surface area contributed by atoms with E-state index in [0.717, 1.165) is 16.6 Å². The predicted octanol–water partition coefficient (Wildman–Crippen LogP) is 0.822. The van der Waals surface area contributed by atoms with Crippen molar-refractivity contribution in [2.75, 3.05) is 13.6 Å². The molecule has 2 rings (SSSR count). The number of aromatic hydroxyl groups is 1. The lowest BCUT2D eigenvalue weighted by atomic mass is 10.1. The first kappa shape index (κ1) is 11.3. The van der Waals surface area contributed by atoms with Gasteiger partial charge in [0.2, 0.25) is 0 Å². The molecule has 0 saturated carbocycles. The molecule has 0 unspecified atom stereocenters. The van der Waals surface area contributed by atoms with Gasteiger partial charge in [-0.15, -0.1) is 0 Å². The molecule has 2 heterocycles. The maximum absolute atomic E-state index is 10.9. The van der Waals surface area contributed by atoms with Crippen LogP contribution in [0.3, 0.4) is 0 Å². The molecule has 0 atom stereocenters. The summed E-state index contributed by atoms with van der Waals surface area (Å²) in [5.74, 6) is 0.126. The maximum Gasteiger partial charge on any atom is 0.314 e. The van der Waals surface area contributed by atoms with Gasteiger partial charge in [0, 0.05) is 25.2 Å². The number of nitrogens with zero attached hydrogens (tertiary/aromatic N) is 2. The van der Waals surface area contributed by atoms with Crippen molar-refractivity contribution in [3.05, 3.63) is 24.0 Å². The number of fused-ring (bicyclic) bond motifs is 1. The molecule has 0 aliphatic heterocycles. The number of carbonyl (C=O) groups is 1. The van der Waals surface area contributed by atoms with E-state index in [1.807, 2.05) is 6.20 Å². The van der Waals surface area contributed by atoms with E-state index >= 15 is 0 Å². The van der Waals surface area contributed by atoms with Crippen molar-refractivity contribution in [2.24, 2.45) is 5.73 Å². The van der Waals surface area contributed by atoms with Gasteiger partial charge in [-0.25, -0.2) is 9.78 Å². The number of aromatic amines is 1. The number of hydrogen-bond acceptors (Lipinski definition) is 3. The Labute approximate surface area is 98.1 Å². The quantitative estimate of drug-likeness (QED) is 0.733. The number of nitrogens with two attached hydrogens (primary N) is 1. The number of rotatable bonds is 3. The average molecular weight is 234 g/mol. The van der Waals surface area contributed by atoms with Gasteiger partial charge in [-0.05, 0) is 18.1 Å². The van der Waals surface area contributed by atoms with Crippen LogP contribution in [0, 0.1) is 0 Å². The van der Waals surface area contributed by atoms with Crippen LogP contribution in [0.25, 0.3) is 11.0 Å². The van der Waals surface area contributed by atoms with E-state index < -0.39 is 6.03 Å². The van der Waals surface area contributed by atoms with Crippen LogP contribution < -0.4 is 5.73 Å². The molecule has 0 aliphatic carbocycles. The Kier molecular flexibility index (Phi) is 2.86. The van der Waals surface area contributed by atoms with Crippen LogP contribution in [-0.4, -0.2) is 39.6 Å². The minimum Gasteiger partial charge on any atom is -0.506 e. The summed E-state index contributed by atoms with van der Waals surface area (Å²) in [4.78, 5) is 19.4. The van der Waals surface area contributed by atoms with Gasteiger partial charge in [-0.2, -0.15) is 0 Å². The molecule has 0 bridgehead atoms. The maximum atomic E-state index is 10.9. The lowest BCUT2D eigenvalue weighted by Gasteiger charge is -2.13. The van der Waals surface area contributed by atoms with Gasteiger partial charge < -0.3 is 20.7 Å². The molecule has 17 heavy (non-hydrogen) atoms. The highest BCUT2D eigenvalue weighted by atomic mass is 16.3. The molecule has 0 fully saturated rings. The van der Waals surface area contributed by atoms with Crippen molar-refractivity contribution in [1.29, 1.82) is 0 Å². The number of pyridine rings is 1. The van der Waals surface area contributed by atoms with Crippen molar-refractivity contribution in [2.45, 2.75) is 6.42 Å². The van der Waals surface area contributed by atoms with E-state index in [9.17, 15) is 9.90 Å². The monoisotopic (exact) mass is 234 g/mol. The number of aromatic nitrogens is 2. The Morgan fingerprint density at radius 2 is 2.41 bits per heavy atom. The average Bonchev–Trinajstić information content (AvgIpc) is 2.68. The van der Waals surface area contributed by atoms with Gasteiger partial charge in [0.05, 0.1) is 6.20 Å². The molecule has 6 heteroatoms. The van der Waals surface area contributed by atoms with Crippen LogP contribution in [-0.2, 0) is 6.42 Å². The van der Waals surface area contributed by atoms with Crippen LogP contribution in [0.15, 0.2) is 18.5 Å². The molecule has 90 valence electrons. The zero-order valence-electron chi connectivity index (χ0n) is 9.47. The Morgan fingerprint density at radius 1 is 1.65 bits per heavy atom. The molecule has 2 aromatic rings. The second kappa shape index (κ2) is 4.32. The number of hydrogen-bond donors (Lipinski definition) is 3. The summed E-state index contributed by atoms with van der Waals surface area (Å²) in [5.41, 5.74) is 6.86. The van der Waals surface area contributed by atoms with E-state index in [0.29, 0.717) is 13.0 Å². The fourth-order valence-electron chi connectivity index (χ4n) is 1.65. The topological polar surface area (TPSA) is 95.2 Å². The third-order valence-electron chi connectivity index (χ3n) is 2.70. The molecule has 0 aliphatic rings. The highest BCUT2D eigenvalue weighted by Crippen LogP contribution is 2.21. The van der Waals surface area contributed by atoms with Gasteiger partial charge in [0.1, 0.15) is 11.4 Å². The van der Waals surface area contributed by atoms with Crippen molar-refractivity contribution >= 4 is 17.1 Å². The van der Waals surface area contributed by atoms with Crippen molar-refractivity contribution in [3.63, 3.8) is 0 Å². The number of urea groups is 1. The second-order valence-electron chi connectivity index (χ2n) is 3.91. The Hall–Kier alpha value is -2.24. The summed E-state index contributed by atoms with van der Waals surface area (Å²) in [6, 6.07) is 1.20. The lowest BCUT2D eigenvalue weighted by Crippen LogP contribution is -2.33. The fourth-order valence-corrected chi connectivity index (χ4v) is 1.65. The minimum atomic E-state index is -0.453. The van der Waals surface area contributed by atoms with Gasteiger partial charge in [0.15, 0.2) is 0 Å². The Bertz CT molecular complexity index is 549. The van der Waals surface area contributed by atoms with Gasteiger partial charge in [-0.3, -0.25) is 0 Å². The normalized spacial score (nSPS) is 10.6. The molecule has 6 nitrogen and oxygen atoms in total. The van der Waals surface area contributed by atoms with Crippen molar-refractivity contribution < 1.29 is 9.90 Å². The van der Waals surface area contributed by atoms with Gasteiger partial charge in [0.25, 0.3) is 0 Å². The smallest absolute Gasteiger partial charge is 0.314 e. The molecule has 0 saturated heterocycles.